The van der Waals surface area contributed by atoms with Crippen LogP contribution in [0.15, 0.2) is 0 Å². The predicted molar refractivity (Wildman–Crippen MR) is 17.6 cm³/mol. The Morgan fingerprint density at radius 2 is 1.20 bits per heavy atom. The SMILES string of the molecule is N=CC=N.[Ni]. The molecule has 0 aliphatic carbocycles. The van der Waals surface area contributed by atoms with E-state index in [0.29, 0.717) is 0 Å². The van der Waals surface area contributed by atoms with Gasteiger partial charge >= 0.3 is 0 Å². The molecule has 2 N–H and O–H groups in total. The Balaban J connectivity index is 0. The van der Waals surface area contributed by atoms with Crippen LogP contribution in [0.4, 0.5) is 0 Å². The van der Waals surface area contributed by atoms with Gasteiger partial charge in [-0.2, -0.15) is 0 Å². The maximum Gasteiger partial charge on any atom is 0.0353 e. The molecule has 32 valence electrons. The van der Waals surface area contributed by atoms with E-state index in [-0.39, 0.29) is 16.5 Å². The summed E-state index contributed by atoms with van der Waals surface area (Å²) >= 11 is 0. The summed E-state index contributed by atoms with van der Waals surface area (Å²) in [6, 6.07) is 0. The minimum atomic E-state index is 0. The van der Waals surface area contributed by atoms with E-state index in [1.54, 1.807) is 0 Å². The number of rotatable bonds is 1. The fourth-order valence-electron chi connectivity index (χ4n) is 0. The van der Waals surface area contributed by atoms with Gasteiger partial charge in [0.25, 0.3) is 0 Å². The van der Waals surface area contributed by atoms with Crippen molar-refractivity contribution in [2.24, 2.45) is 0 Å². The molecule has 2 nitrogen and oxygen atoms in total. The maximum atomic E-state index is 6.08. The Morgan fingerprint density at radius 1 is 1.00 bits per heavy atom. The molecule has 0 unspecified atom stereocenters. The number of hydrogen-bond donors (Lipinski definition) is 2. The molecule has 0 aliphatic rings. The van der Waals surface area contributed by atoms with Crippen LogP contribution in [0.25, 0.3) is 0 Å². The molecule has 0 rings (SSSR count). The van der Waals surface area contributed by atoms with Crippen molar-refractivity contribution in [1.82, 2.24) is 0 Å². The second-order valence-electron chi connectivity index (χ2n) is 0.333. The second-order valence-corrected chi connectivity index (χ2v) is 0.333. The largest absolute Gasteiger partial charge is 0.307 e. The Labute approximate surface area is 40.5 Å². The van der Waals surface area contributed by atoms with Crippen LogP contribution in [0.5, 0.6) is 0 Å². The first kappa shape index (κ1) is 8.85. The van der Waals surface area contributed by atoms with E-state index < -0.39 is 0 Å². The van der Waals surface area contributed by atoms with Gasteiger partial charge < -0.3 is 10.8 Å². The van der Waals surface area contributed by atoms with Crippen molar-refractivity contribution in [3.8, 4) is 0 Å². The van der Waals surface area contributed by atoms with Crippen LogP contribution in [0, 0.1) is 10.8 Å². The molecule has 3 heteroatoms. The van der Waals surface area contributed by atoms with Gasteiger partial charge in [-0.1, -0.05) is 0 Å². The van der Waals surface area contributed by atoms with Gasteiger partial charge in [0, 0.05) is 28.9 Å². The average Bonchev–Trinajstić information content (AvgIpc) is 1.37. The number of hydrogen-bond acceptors (Lipinski definition) is 2. The van der Waals surface area contributed by atoms with Crippen molar-refractivity contribution < 1.29 is 16.5 Å². The normalized spacial score (nSPS) is 4.00. The summed E-state index contributed by atoms with van der Waals surface area (Å²) in [4.78, 5) is 0. The molecule has 0 amide bonds. The van der Waals surface area contributed by atoms with Gasteiger partial charge in [0.05, 0.1) is 0 Å². The molecule has 5 heavy (non-hydrogen) atoms. The second kappa shape index (κ2) is 9.16. The molecule has 0 atom stereocenters. The van der Waals surface area contributed by atoms with E-state index >= 15 is 0 Å². The maximum absolute atomic E-state index is 6.08. The van der Waals surface area contributed by atoms with E-state index in [1.165, 1.54) is 0 Å². The zero-order valence-corrected chi connectivity index (χ0v) is 3.46. The molecule has 0 aliphatic heterocycles. The van der Waals surface area contributed by atoms with Crippen molar-refractivity contribution in [3.05, 3.63) is 0 Å². The first-order valence-corrected chi connectivity index (χ1v) is 0.911. The van der Waals surface area contributed by atoms with Gasteiger partial charge in [0.15, 0.2) is 0 Å². The van der Waals surface area contributed by atoms with Crippen molar-refractivity contribution >= 4 is 12.4 Å². The molecule has 0 radical (unpaired) electrons. The van der Waals surface area contributed by atoms with Crippen molar-refractivity contribution in [2.75, 3.05) is 0 Å². The van der Waals surface area contributed by atoms with Gasteiger partial charge in [-0.05, 0) is 0 Å². The third kappa shape index (κ3) is 18.5. The zero-order valence-electron chi connectivity index (χ0n) is 2.47. The van der Waals surface area contributed by atoms with Crippen molar-refractivity contribution in [1.29, 1.82) is 10.8 Å². The smallest absolute Gasteiger partial charge is 0.0353 e. The molecule has 0 bridgehead atoms. The van der Waals surface area contributed by atoms with Gasteiger partial charge in [0.1, 0.15) is 0 Å². The van der Waals surface area contributed by atoms with Crippen LogP contribution in [0.2, 0.25) is 0 Å². The summed E-state index contributed by atoms with van der Waals surface area (Å²) in [5.74, 6) is 0. The third-order valence-electron chi connectivity index (χ3n) is 0.0833. The van der Waals surface area contributed by atoms with E-state index in [1.807, 2.05) is 0 Å². The van der Waals surface area contributed by atoms with Gasteiger partial charge in [-0.15, -0.1) is 0 Å². The summed E-state index contributed by atoms with van der Waals surface area (Å²) in [5.41, 5.74) is 0. The Morgan fingerprint density at radius 3 is 1.20 bits per heavy atom. The van der Waals surface area contributed by atoms with Crippen LogP contribution in [0.1, 0.15) is 0 Å². The van der Waals surface area contributed by atoms with Crippen LogP contribution < -0.4 is 0 Å². The topological polar surface area (TPSA) is 47.7 Å². The predicted octanol–water partition coefficient (Wildman–Crippen LogP) is 0.283. The van der Waals surface area contributed by atoms with Crippen LogP contribution >= 0.6 is 0 Å². The molecule has 0 aromatic carbocycles. The molecule has 0 aromatic rings. The van der Waals surface area contributed by atoms with E-state index in [2.05, 4.69) is 0 Å². The summed E-state index contributed by atoms with van der Waals surface area (Å²) in [6.45, 7) is 0. The Kier molecular flexibility index (Phi) is 16.2. The van der Waals surface area contributed by atoms with E-state index in [0.717, 1.165) is 12.4 Å². The third-order valence-corrected chi connectivity index (χ3v) is 0.0833. The molecular formula is C2H4N2Ni. The summed E-state index contributed by atoms with van der Waals surface area (Å²) in [7, 11) is 0. The molecule has 0 aromatic heterocycles. The molecule has 0 heterocycles. The molecule has 0 saturated heterocycles. The van der Waals surface area contributed by atoms with Crippen molar-refractivity contribution in [3.63, 3.8) is 0 Å². The number of nitrogens with one attached hydrogen (secondary N) is 2. The van der Waals surface area contributed by atoms with E-state index in [9.17, 15) is 0 Å². The quantitative estimate of drug-likeness (QED) is 0.364. The van der Waals surface area contributed by atoms with Gasteiger partial charge in [0.2, 0.25) is 0 Å². The summed E-state index contributed by atoms with van der Waals surface area (Å²) < 4.78 is 0. The standard InChI is InChI=1S/C2H4N2.Ni/c3-1-2-4;/h1-4H;. The fraction of sp³-hybridized carbons (Fsp3) is 0. The zero-order chi connectivity index (χ0) is 3.41. The summed E-state index contributed by atoms with van der Waals surface area (Å²) in [6.07, 6.45) is 1.83. The first-order valence-electron chi connectivity index (χ1n) is 0.911. The molecule has 0 spiro atoms. The minimum Gasteiger partial charge on any atom is -0.307 e. The van der Waals surface area contributed by atoms with Crippen LogP contribution in [0.3, 0.4) is 0 Å². The van der Waals surface area contributed by atoms with E-state index in [4.69, 9.17) is 10.8 Å². The van der Waals surface area contributed by atoms with Crippen LogP contribution in [-0.4, -0.2) is 12.4 Å². The fourth-order valence-corrected chi connectivity index (χ4v) is 0. The molecular weight excluding hydrogens is 111 g/mol. The van der Waals surface area contributed by atoms with Crippen molar-refractivity contribution in [2.45, 2.75) is 0 Å². The average molecular weight is 115 g/mol. The molecule has 0 fully saturated rings. The van der Waals surface area contributed by atoms with Gasteiger partial charge in [-0.3, -0.25) is 0 Å². The minimum absolute atomic E-state index is 0. The molecule has 0 saturated carbocycles. The Bertz CT molecular complexity index is 28.6. The monoisotopic (exact) mass is 114 g/mol. The van der Waals surface area contributed by atoms with Gasteiger partial charge in [-0.25, -0.2) is 0 Å². The summed E-state index contributed by atoms with van der Waals surface area (Å²) in [5, 5.41) is 12.2. The van der Waals surface area contributed by atoms with Crippen LogP contribution in [-0.2, 0) is 16.5 Å². The Hall–Kier alpha value is -0.166. The first-order chi connectivity index (χ1) is 1.91.